The molecule has 0 aliphatic rings. The van der Waals surface area contributed by atoms with E-state index in [0.29, 0.717) is 6.54 Å². The van der Waals surface area contributed by atoms with E-state index in [0.717, 1.165) is 21.8 Å². The Labute approximate surface area is 166 Å². The van der Waals surface area contributed by atoms with E-state index in [1.54, 1.807) is 29.9 Å². The highest BCUT2D eigenvalue weighted by Crippen LogP contribution is 2.19. The average Bonchev–Trinajstić information content (AvgIpc) is 3.26. The molecule has 0 aliphatic heterocycles. The first-order chi connectivity index (χ1) is 11.9. The fourth-order valence-corrected chi connectivity index (χ4v) is 3.07. The summed E-state index contributed by atoms with van der Waals surface area (Å²) in [5.41, 5.74) is 2.26. The molecule has 0 bridgehead atoms. The summed E-state index contributed by atoms with van der Waals surface area (Å²) < 4.78 is 7.31. The molecule has 2 heterocycles. The van der Waals surface area contributed by atoms with Crippen molar-refractivity contribution in [3.05, 3.63) is 83.4 Å². The van der Waals surface area contributed by atoms with Crippen LogP contribution in [0.2, 0.25) is 0 Å². The Morgan fingerprint density at radius 1 is 1.15 bits per heavy atom. The number of allylic oxidation sites excluding steroid dienone is 2. The van der Waals surface area contributed by atoms with Crippen molar-refractivity contribution in [2.24, 2.45) is 10.2 Å². The van der Waals surface area contributed by atoms with Crippen LogP contribution in [0.4, 0.5) is 0 Å². The van der Waals surface area contributed by atoms with E-state index < -0.39 is 0 Å². The molecule has 3 aromatic rings. The van der Waals surface area contributed by atoms with Crippen molar-refractivity contribution < 1.29 is 9.89 Å². The number of halogens is 1. The van der Waals surface area contributed by atoms with E-state index in [1.165, 1.54) is 0 Å². The Hall–Kier alpha value is -2.48. The lowest BCUT2D eigenvalue weighted by atomic mass is 10.2. The zero-order valence-electron chi connectivity index (χ0n) is 14.0. The zero-order chi connectivity index (χ0) is 16.6. The second-order valence-electron chi connectivity index (χ2n) is 4.91. The number of nitrogens with zero attached hydrogens (tertiary/aromatic N) is 3. The number of hydrogen-bond acceptors (Lipinski definition) is 4. The van der Waals surface area contributed by atoms with Gasteiger partial charge in [-0.3, -0.25) is 0 Å². The Balaban J connectivity index is 0.00000169. The molecule has 26 heavy (non-hydrogen) atoms. The molecule has 7 heteroatoms. The summed E-state index contributed by atoms with van der Waals surface area (Å²) in [6.07, 6.45) is 8.77. The molecule has 1 aromatic carbocycles. The fraction of sp³-hybridized carbons (Fsp3) is 0.0526. The molecule has 0 saturated carbocycles. The maximum atomic E-state index is 5.21. The molecule has 0 amide bonds. The van der Waals surface area contributed by atoms with Crippen LogP contribution in [0, 0.1) is 0 Å². The normalized spacial score (nSPS) is 11.5. The van der Waals surface area contributed by atoms with Crippen molar-refractivity contribution in [1.82, 2.24) is 4.57 Å². The monoisotopic (exact) mass is 433 g/mol. The van der Waals surface area contributed by atoms with E-state index in [9.17, 15) is 0 Å². The van der Waals surface area contributed by atoms with Crippen LogP contribution in [-0.4, -0.2) is 16.3 Å². The lowest BCUT2D eigenvalue weighted by Crippen LogP contribution is -2.14. The minimum absolute atomic E-state index is 0. The summed E-state index contributed by atoms with van der Waals surface area (Å²) >= 11 is 1.56. The highest BCUT2D eigenvalue weighted by atomic mass is 79.9. The predicted octanol–water partition coefficient (Wildman–Crippen LogP) is 4.35. The van der Waals surface area contributed by atoms with E-state index in [2.05, 4.69) is 38.9 Å². The summed E-state index contributed by atoms with van der Waals surface area (Å²) in [5, 5.41) is 10.5. The van der Waals surface area contributed by atoms with Crippen LogP contribution in [0.1, 0.15) is 5.76 Å². The van der Waals surface area contributed by atoms with Crippen molar-refractivity contribution in [2.45, 2.75) is 6.54 Å². The minimum Gasteiger partial charge on any atom is -0.465 e. The van der Waals surface area contributed by atoms with Gasteiger partial charge in [-0.1, -0.05) is 36.4 Å². The van der Waals surface area contributed by atoms with Gasteiger partial charge in [-0.15, -0.1) is 40.0 Å². The molecule has 0 spiro atoms. The number of benzene rings is 1. The Morgan fingerprint density at radius 2 is 1.96 bits per heavy atom. The van der Waals surface area contributed by atoms with Gasteiger partial charge in [0, 0.05) is 18.1 Å². The fourth-order valence-electron chi connectivity index (χ4n) is 2.20. The van der Waals surface area contributed by atoms with Crippen LogP contribution in [-0.2, 0) is 6.54 Å². The number of furan rings is 1. The highest BCUT2D eigenvalue weighted by molar-refractivity contribution is 8.93. The van der Waals surface area contributed by atoms with Crippen LogP contribution in [0.15, 0.2) is 87.5 Å². The molecule has 0 saturated heterocycles. The molecular weight excluding hydrogens is 414 g/mol. The lowest BCUT2D eigenvalue weighted by Gasteiger charge is -2.05. The predicted molar refractivity (Wildman–Crippen MR) is 114 cm³/mol. The third-order valence-electron chi connectivity index (χ3n) is 3.28. The van der Waals surface area contributed by atoms with Crippen LogP contribution in [0.3, 0.4) is 0 Å². The van der Waals surface area contributed by atoms with Crippen LogP contribution < -0.4 is 4.80 Å². The van der Waals surface area contributed by atoms with Gasteiger partial charge in [-0.25, -0.2) is 0 Å². The second-order valence-corrected chi connectivity index (χ2v) is 5.74. The Bertz CT molecular complexity index is 910. The Morgan fingerprint density at radius 3 is 2.65 bits per heavy atom. The van der Waals surface area contributed by atoms with Crippen LogP contribution >= 0.6 is 28.3 Å². The molecule has 2 aromatic heterocycles. The average molecular weight is 434 g/mol. The summed E-state index contributed by atoms with van der Waals surface area (Å²) in [4.78, 5) is 0.830. The lowest BCUT2D eigenvalue weighted by molar-refractivity contribution is 0.557. The first kappa shape index (κ1) is 21.6. The van der Waals surface area contributed by atoms with Crippen LogP contribution in [0.5, 0.6) is 0 Å². The van der Waals surface area contributed by atoms with Crippen molar-refractivity contribution in [1.29, 1.82) is 0 Å². The molecule has 5 nitrogen and oxygen atoms in total. The standard InChI is InChI=1S/C19H17N3OS.BrH.H2O/c1-2-13-22-18(16-8-4-3-5-9-16)15-24-19(22)21-20-12-6-10-17-11-7-14-23-17;;/h2-12,14-15H,1,13H2;1H;1H2/b10-6+,20-12+,21-19-;;. The van der Waals surface area contributed by atoms with Gasteiger partial charge in [-0.05, 0) is 29.8 Å². The quantitative estimate of drug-likeness (QED) is 0.323. The van der Waals surface area contributed by atoms with E-state index >= 15 is 0 Å². The first-order valence-corrected chi connectivity index (χ1v) is 8.38. The van der Waals surface area contributed by atoms with Gasteiger partial charge >= 0.3 is 0 Å². The van der Waals surface area contributed by atoms with Crippen molar-refractivity contribution in [2.75, 3.05) is 0 Å². The molecule has 0 atom stereocenters. The molecule has 2 N–H and O–H groups in total. The number of aromatic nitrogens is 1. The van der Waals surface area contributed by atoms with E-state index in [-0.39, 0.29) is 22.5 Å². The van der Waals surface area contributed by atoms with Crippen LogP contribution in [0.25, 0.3) is 17.3 Å². The molecule has 0 unspecified atom stereocenters. The number of hydrogen-bond donors (Lipinski definition) is 0. The zero-order valence-corrected chi connectivity index (χ0v) is 16.5. The molecule has 0 fully saturated rings. The van der Waals surface area contributed by atoms with Gasteiger partial charge in [0.2, 0.25) is 4.80 Å². The first-order valence-electron chi connectivity index (χ1n) is 7.50. The Kier molecular flexibility index (Phi) is 9.29. The summed E-state index contributed by atoms with van der Waals surface area (Å²) in [7, 11) is 0. The maximum Gasteiger partial charge on any atom is 0.211 e. The number of thiazole rings is 1. The molecule has 0 radical (unpaired) electrons. The molecule has 0 aliphatic carbocycles. The van der Waals surface area contributed by atoms with Crippen molar-refractivity contribution in [3.63, 3.8) is 0 Å². The van der Waals surface area contributed by atoms with Crippen molar-refractivity contribution >= 4 is 40.6 Å². The van der Waals surface area contributed by atoms with Gasteiger partial charge in [-0.2, -0.15) is 5.10 Å². The van der Waals surface area contributed by atoms with Gasteiger partial charge in [0.05, 0.1) is 12.0 Å². The van der Waals surface area contributed by atoms with Crippen molar-refractivity contribution in [3.8, 4) is 11.3 Å². The SMILES string of the molecule is Br.C=CCn1c(-c2ccccc2)cs\c1=N/N=C/C=C/c1ccco1.O. The summed E-state index contributed by atoms with van der Waals surface area (Å²) in [6, 6.07) is 14.0. The smallest absolute Gasteiger partial charge is 0.211 e. The largest absolute Gasteiger partial charge is 0.465 e. The minimum atomic E-state index is 0. The van der Waals surface area contributed by atoms with Gasteiger partial charge in [0.1, 0.15) is 5.76 Å². The molecule has 3 rings (SSSR count). The molecular formula is C19H20BrN3O2S. The third kappa shape index (κ3) is 5.52. The highest BCUT2D eigenvalue weighted by Gasteiger charge is 2.06. The van der Waals surface area contributed by atoms with Gasteiger partial charge in [0.25, 0.3) is 0 Å². The summed E-state index contributed by atoms with van der Waals surface area (Å²) in [6.45, 7) is 4.52. The topological polar surface area (TPSA) is 74.3 Å². The summed E-state index contributed by atoms with van der Waals surface area (Å²) in [5.74, 6) is 0.783. The van der Waals surface area contributed by atoms with E-state index in [4.69, 9.17) is 4.42 Å². The second kappa shape index (κ2) is 11.2. The van der Waals surface area contributed by atoms with Gasteiger partial charge < -0.3 is 14.5 Å². The van der Waals surface area contributed by atoms with Gasteiger partial charge in [0.15, 0.2) is 0 Å². The number of rotatable bonds is 6. The van der Waals surface area contributed by atoms with E-state index in [1.807, 2.05) is 42.5 Å². The molecule has 136 valence electrons. The third-order valence-corrected chi connectivity index (χ3v) is 4.13. The maximum absolute atomic E-state index is 5.21.